The van der Waals surface area contributed by atoms with E-state index in [0.717, 1.165) is 0 Å². The number of nitriles is 1. The van der Waals surface area contributed by atoms with Crippen molar-refractivity contribution >= 4 is 29.4 Å². The van der Waals surface area contributed by atoms with Crippen LogP contribution in [0.4, 0.5) is 11.6 Å². The molecule has 0 radical (unpaired) electrons. The van der Waals surface area contributed by atoms with E-state index < -0.39 is 11.9 Å². The maximum atomic E-state index is 12.4. The Balaban J connectivity index is 2.31. The third-order valence-corrected chi connectivity index (χ3v) is 3.26. The third-order valence-electron chi connectivity index (χ3n) is 3.26. The number of carbonyl (C=O) groups excluding carboxylic acids is 3. The van der Waals surface area contributed by atoms with E-state index in [0.29, 0.717) is 5.69 Å². The standard InChI is InChI=1S/C17H15N3O5/c1-9-14(17(23)24-3)13(8-18)16(25-9)20-15(22)11-5-4-6-12(7-11)19-10(2)21/h4-7H,1-3H3,(H,19,21)(H,20,22). The fourth-order valence-electron chi connectivity index (χ4n) is 2.20. The Morgan fingerprint density at radius 3 is 2.56 bits per heavy atom. The first kappa shape index (κ1) is 17.7. The highest BCUT2D eigenvalue weighted by Crippen LogP contribution is 2.27. The predicted molar refractivity (Wildman–Crippen MR) is 88.2 cm³/mol. The smallest absolute Gasteiger partial charge is 0.342 e. The molecule has 1 aromatic carbocycles. The van der Waals surface area contributed by atoms with E-state index in [1.54, 1.807) is 12.1 Å². The second-order valence-electron chi connectivity index (χ2n) is 5.06. The first-order valence-electron chi connectivity index (χ1n) is 7.18. The zero-order valence-corrected chi connectivity index (χ0v) is 13.8. The zero-order valence-electron chi connectivity index (χ0n) is 13.8. The molecular formula is C17H15N3O5. The number of hydrogen-bond acceptors (Lipinski definition) is 6. The summed E-state index contributed by atoms with van der Waals surface area (Å²) < 4.78 is 9.93. The third kappa shape index (κ3) is 3.84. The maximum absolute atomic E-state index is 12.4. The van der Waals surface area contributed by atoms with Gasteiger partial charge in [-0.05, 0) is 25.1 Å². The molecular weight excluding hydrogens is 326 g/mol. The molecule has 8 heteroatoms. The topological polar surface area (TPSA) is 121 Å². The van der Waals surface area contributed by atoms with Crippen LogP contribution in [0.1, 0.15) is 39.0 Å². The van der Waals surface area contributed by atoms with Crippen molar-refractivity contribution in [2.24, 2.45) is 0 Å². The highest BCUT2D eigenvalue weighted by atomic mass is 16.5. The summed E-state index contributed by atoms with van der Waals surface area (Å²) in [5.41, 5.74) is 0.540. The van der Waals surface area contributed by atoms with Gasteiger partial charge in [0.1, 0.15) is 23.0 Å². The van der Waals surface area contributed by atoms with Crippen LogP contribution < -0.4 is 10.6 Å². The van der Waals surface area contributed by atoms with Crippen LogP contribution in [0, 0.1) is 18.3 Å². The quantitative estimate of drug-likeness (QED) is 0.824. The van der Waals surface area contributed by atoms with Gasteiger partial charge in [-0.2, -0.15) is 5.26 Å². The number of nitrogens with one attached hydrogen (secondary N) is 2. The van der Waals surface area contributed by atoms with Crippen LogP contribution in [0.2, 0.25) is 0 Å². The summed E-state index contributed by atoms with van der Waals surface area (Å²) in [6, 6.07) is 8.06. The first-order chi connectivity index (χ1) is 11.9. The van der Waals surface area contributed by atoms with Crippen LogP contribution in [0.5, 0.6) is 0 Å². The summed E-state index contributed by atoms with van der Waals surface area (Å²) in [6.45, 7) is 2.84. The summed E-state index contributed by atoms with van der Waals surface area (Å²) in [5, 5.41) is 14.3. The summed E-state index contributed by atoms with van der Waals surface area (Å²) in [7, 11) is 1.18. The molecule has 0 saturated carbocycles. The number of methoxy groups -OCH3 is 1. The molecule has 2 aromatic rings. The van der Waals surface area contributed by atoms with Crippen molar-refractivity contribution in [3.8, 4) is 6.07 Å². The molecule has 8 nitrogen and oxygen atoms in total. The van der Waals surface area contributed by atoms with Crippen molar-refractivity contribution in [3.63, 3.8) is 0 Å². The average molecular weight is 341 g/mol. The molecule has 0 unspecified atom stereocenters. The van der Waals surface area contributed by atoms with Gasteiger partial charge in [0.15, 0.2) is 0 Å². The lowest BCUT2D eigenvalue weighted by Crippen LogP contribution is -2.13. The Morgan fingerprint density at radius 1 is 1.24 bits per heavy atom. The molecule has 0 aliphatic carbocycles. The van der Waals surface area contributed by atoms with Crippen LogP contribution in [-0.2, 0) is 9.53 Å². The summed E-state index contributed by atoms with van der Waals surface area (Å²) >= 11 is 0. The number of nitrogens with zero attached hydrogens (tertiary/aromatic N) is 1. The van der Waals surface area contributed by atoms with Crippen molar-refractivity contribution in [1.29, 1.82) is 5.26 Å². The Kier molecular flexibility index (Phi) is 5.19. The Labute approximate surface area is 143 Å². The zero-order chi connectivity index (χ0) is 18.6. The van der Waals surface area contributed by atoms with E-state index in [-0.39, 0.29) is 34.2 Å². The van der Waals surface area contributed by atoms with Gasteiger partial charge in [0.25, 0.3) is 5.91 Å². The monoisotopic (exact) mass is 341 g/mol. The molecule has 0 saturated heterocycles. The molecule has 0 atom stereocenters. The van der Waals surface area contributed by atoms with Crippen LogP contribution in [-0.4, -0.2) is 24.9 Å². The van der Waals surface area contributed by atoms with Gasteiger partial charge in [-0.15, -0.1) is 0 Å². The molecule has 1 aromatic heterocycles. The predicted octanol–water partition coefficient (Wildman–Crippen LogP) is 2.46. The van der Waals surface area contributed by atoms with Crippen molar-refractivity contribution in [2.45, 2.75) is 13.8 Å². The van der Waals surface area contributed by atoms with Gasteiger partial charge in [0.05, 0.1) is 7.11 Å². The van der Waals surface area contributed by atoms with Crippen LogP contribution in [0.25, 0.3) is 0 Å². The second kappa shape index (κ2) is 7.31. The molecule has 128 valence electrons. The molecule has 0 aliphatic rings. The normalized spacial score (nSPS) is 9.84. The number of hydrogen-bond donors (Lipinski definition) is 2. The highest BCUT2D eigenvalue weighted by Gasteiger charge is 2.25. The van der Waals surface area contributed by atoms with Gasteiger partial charge in [0.2, 0.25) is 11.8 Å². The van der Waals surface area contributed by atoms with Crippen molar-refractivity contribution < 1.29 is 23.5 Å². The Morgan fingerprint density at radius 2 is 1.96 bits per heavy atom. The summed E-state index contributed by atoms with van der Waals surface area (Å²) in [5.74, 6) is -1.55. The molecule has 2 rings (SSSR count). The van der Waals surface area contributed by atoms with Gasteiger partial charge in [-0.3, -0.25) is 14.9 Å². The largest absolute Gasteiger partial charge is 0.465 e. The number of esters is 1. The molecule has 2 N–H and O–H groups in total. The van der Waals surface area contributed by atoms with E-state index in [1.165, 1.54) is 33.1 Å². The number of ether oxygens (including phenoxy) is 1. The van der Waals surface area contributed by atoms with E-state index in [9.17, 15) is 19.6 Å². The van der Waals surface area contributed by atoms with E-state index >= 15 is 0 Å². The second-order valence-corrected chi connectivity index (χ2v) is 5.06. The fourth-order valence-corrected chi connectivity index (χ4v) is 2.20. The van der Waals surface area contributed by atoms with Crippen molar-refractivity contribution in [2.75, 3.05) is 17.7 Å². The van der Waals surface area contributed by atoms with E-state index in [4.69, 9.17) is 4.42 Å². The molecule has 1 heterocycles. The van der Waals surface area contributed by atoms with Gasteiger partial charge in [-0.1, -0.05) is 6.07 Å². The molecule has 25 heavy (non-hydrogen) atoms. The summed E-state index contributed by atoms with van der Waals surface area (Å²) in [6.07, 6.45) is 0. The SMILES string of the molecule is COC(=O)c1c(C)oc(NC(=O)c2cccc(NC(C)=O)c2)c1C#N. The minimum atomic E-state index is -0.731. The Hall–Kier alpha value is -3.60. The van der Waals surface area contributed by atoms with Gasteiger partial charge in [0, 0.05) is 18.2 Å². The highest BCUT2D eigenvalue weighted by molar-refractivity contribution is 6.06. The first-order valence-corrected chi connectivity index (χ1v) is 7.18. The minimum absolute atomic E-state index is 0.0349. The molecule has 0 fully saturated rings. The maximum Gasteiger partial charge on any atom is 0.342 e. The van der Waals surface area contributed by atoms with Gasteiger partial charge >= 0.3 is 5.97 Å². The molecule has 2 amide bonds. The number of rotatable bonds is 4. The molecule has 0 aliphatic heterocycles. The lowest BCUT2D eigenvalue weighted by atomic mass is 10.1. The lowest BCUT2D eigenvalue weighted by molar-refractivity contribution is -0.114. The number of furan rings is 1. The summed E-state index contributed by atoms with van der Waals surface area (Å²) in [4.78, 5) is 35.2. The minimum Gasteiger partial charge on any atom is -0.465 e. The van der Waals surface area contributed by atoms with Gasteiger partial charge in [-0.25, -0.2) is 4.79 Å². The van der Waals surface area contributed by atoms with E-state index in [1.807, 2.05) is 6.07 Å². The molecule has 0 bridgehead atoms. The Bertz CT molecular complexity index is 892. The fraction of sp³-hybridized carbons (Fsp3) is 0.176. The number of anilines is 2. The van der Waals surface area contributed by atoms with Crippen LogP contribution in [0.15, 0.2) is 28.7 Å². The van der Waals surface area contributed by atoms with Crippen LogP contribution >= 0.6 is 0 Å². The van der Waals surface area contributed by atoms with Crippen molar-refractivity contribution in [1.82, 2.24) is 0 Å². The number of aryl methyl sites for hydroxylation is 1. The van der Waals surface area contributed by atoms with Gasteiger partial charge < -0.3 is 14.5 Å². The average Bonchev–Trinajstić information content (AvgIpc) is 2.88. The van der Waals surface area contributed by atoms with Crippen molar-refractivity contribution in [3.05, 3.63) is 46.7 Å². The number of benzene rings is 1. The number of carbonyl (C=O) groups is 3. The molecule has 0 spiro atoms. The van der Waals surface area contributed by atoms with E-state index in [2.05, 4.69) is 15.4 Å². The lowest BCUT2D eigenvalue weighted by Gasteiger charge is -2.06. The number of amides is 2. The van der Waals surface area contributed by atoms with Crippen LogP contribution in [0.3, 0.4) is 0 Å².